The summed E-state index contributed by atoms with van der Waals surface area (Å²) >= 11 is 0. The van der Waals surface area contributed by atoms with E-state index in [9.17, 15) is 4.79 Å². The quantitative estimate of drug-likeness (QED) is 0.848. The largest absolute Gasteiger partial charge is 0.365 e. The molecule has 2 aromatic heterocycles. The van der Waals surface area contributed by atoms with Crippen LogP contribution in [0.2, 0.25) is 0 Å². The van der Waals surface area contributed by atoms with Crippen LogP contribution in [0.15, 0.2) is 36.8 Å². The summed E-state index contributed by atoms with van der Waals surface area (Å²) in [6, 6.07) is 5.70. The molecule has 0 radical (unpaired) electrons. The number of pyridine rings is 1. The SMILES string of the molecule is CCC(OC1CCCC1)C(=O)Nc1ccn(Cc2ccncc2)n1. The van der Waals surface area contributed by atoms with Gasteiger partial charge >= 0.3 is 0 Å². The van der Waals surface area contributed by atoms with Crippen LogP contribution < -0.4 is 5.32 Å². The maximum Gasteiger partial charge on any atom is 0.254 e. The van der Waals surface area contributed by atoms with Crippen LogP contribution in [0.5, 0.6) is 0 Å². The third-order valence-corrected chi connectivity index (χ3v) is 4.31. The zero-order chi connectivity index (χ0) is 16.8. The molecule has 1 amide bonds. The van der Waals surface area contributed by atoms with Gasteiger partial charge in [-0.15, -0.1) is 0 Å². The van der Waals surface area contributed by atoms with Crippen molar-refractivity contribution in [3.8, 4) is 0 Å². The minimum Gasteiger partial charge on any atom is -0.365 e. The van der Waals surface area contributed by atoms with Crippen LogP contribution in [0, 0.1) is 0 Å². The Morgan fingerprint density at radius 1 is 1.33 bits per heavy atom. The van der Waals surface area contributed by atoms with Crippen LogP contribution in [-0.4, -0.2) is 32.9 Å². The summed E-state index contributed by atoms with van der Waals surface area (Å²) in [7, 11) is 0. The molecule has 2 aromatic rings. The molecule has 1 aliphatic rings. The van der Waals surface area contributed by atoms with Crippen molar-refractivity contribution in [2.45, 2.75) is 57.8 Å². The molecule has 0 spiro atoms. The van der Waals surface area contributed by atoms with Gasteiger partial charge in [0.2, 0.25) is 0 Å². The summed E-state index contributed by atoms with van der Waals surface area (Å²) < 4.78 is 7.74. The van der Waals surface area contributed by atoms with Crippen molar-refractivity contribution in [2.24, 2.45) is 0 Å². The van der Waals surface area contributed by atoms with Crippen molar-refractivity contribution >= 4 is 11.7 Å². The van der Waals surface area contributed by atoms with Gasteiger partial charge in [-0.3, -0.25) is 14.5 Å². The van der Waals surface area contributed by atoms with E-state index in [1.807, 2.05) is 25.3 Å². The molecule has 6 heteroatoms. The number of aromatic nitrogens is 3. The van der Waals surface area contributed by atoms with Crippen molar-refractivity contribution < 1.29 is 9.53 Å². The first-order valence-corrected chi connectivity index (χ1v) is 8.63. The van der Waals surface area contributed by atoms with Gasteiger partial charge in [0.25, 0.3) is 5.91 Å². The van der Waals surface area contributed by atoms with E-state index in [0.717, 1.165) is 18.4 Å². The second-order valence-electron chi connectivity index (χ2n) is 6.18. The van der Waals surface area contributed by atoms with Crippen molar-refractivity contribution in [2.75, 3.05) is 5.32 Å². The first-order valence-electron chi connectivity index (χ1n) is 8.63. The molecule has 2 heterocycles. The van der Waals surface area contributed by atoms with Gasteiger partial charge < -0.3 is 10.1 Å². The maximum absolute atomic E-state index is 12.4. The van der Waals surface area contributed by atoms with Gasteiger partial charge in [-0.05, 0) is 37.0 Å². The number of ether oxygens (including phenoxy) is 1. The van der Waals surface area contributed by atoms with Crippen LogP contribution in [0.1, 0.15) is 44.6 Å². The standard InChI is InChI=1S/C18H24N4O2/c1-2-16(24-15-5-3-4-6-15)18(23)20-17-9-12-22(21-17)13-14-7-10-19-11-8-14/h7-12,15-16H,2-6,13H2,1H3,(H,20,21,23). The van der Waals surface area contributed by atoms with E-state index >= 15 is 0 Å². The van der Waals surface area contributed by atoms with Gasteiger partial charge in [-0.1, -0.05) is 19.8 Å². The fraction of sp³-hybridized carbons (Fsp3) is 0.500. The molecule has 128 valence electrons. The number of anilines is 1. The summed E-state index contributed by atoms with van der Waals surface area (Å²) in [6.07, 6.45) is 10.4. The smallest absolute Gasteiger partial charge is 0.254 e. The average Bonchev–Trinajstić information content (AvgIpc) is 3.25. The van der Waals surface area contributed by atoms with E-state index in [0.29, 0.717) is 18.8 Å². The van der Waals surface area contributed by atoms with Crippen molar-refractivity contribution in [3.63, 3.8) is 0 Å². The van der Waals surface area contributed by atoms with Gasteiger partial charge in [0, 0.05) is 24.7 Å². The highest BCUT2D eigenvalue weighted by Crippen LogP contribution is 2.23. The molecule has 0 aromatic carbocycles. The normalized spacial score (nSPS) is 16.2. The second-order valence-corrected chi connectivity index (χ2v) is 6.18. The van der Waals surface area contributed by atoms with Crippen LogP contribution in [0.25, 0.3) is 0 Å². The summed E-state index contributed by atoms with van der Waals surface area (Å²) in [4.78, 5) is 16.4. The summed E-state index contributed by atoms with van der Waals surface area (Å²) in [6.45, 7) is 2.62. The Morgan fingerprint density at radius 3 is 2.79 bits per heavy atom. The van der Waals surface area contributed by atoms with E-state index < -0.39 is 6.10 Å². The second kappa shape index (κ2) is 8.06. The molecule has 3 rings (SSSR count). The number of carbonyl (C=O) groups excluding carboxylic acids is 1. The monoisotopic (exact) mass is 328 g/mol. The summed E-state index contributed by atoms with van der Waals surface area (Å²) in [5, 5.41) is 7.27. The molecule has 1 fully saturated rings. The number of nitrogens with one attached hydrogen (secondary N) is 1. The molecule has 1 saturated carbocycles. The highest BCUT2D eigenvalue weighted by molar-refractivity contribution is 5.93. The summed E-state index contributed by atoms with van der Waals surface area (Å²) in [5.74, 6) is 0.445. The predicted molar refractivity (Wildman–Crippen MR) is 91.6 cm³/mol. The average molecular weight is 328 g/mol. The van der Waals surface area contributed by atoms with Crippen LogP contribution >= 0.6 is 0 Å². The molecular weight excluding hydrogens is 304 g/mol. The number of hydrogen-bond acceptors (Lipinski definition) is 4. The van der Waals surface area contributed by atoms with Crippen LogP contribution in [0.4, 0.5) is 5.82 Å². The van der Waals surface area contributed by atoms with E-state index in [-0.39, 0.29) is 12.0 Å². The number of hydrogen-bond donors (Lipinski definition) is 1. The molecule has 6 nitrogen and oxygen atoms in total. The fourth-order valence-corrected chi connectivity index (χ4v) is 3.00. The zero-order valence-electron chi connectivity index (χ0n) is 14.0. The van der Waals surface area contributed by atoms with Crippen LogP contribution in [-0.2, 0) is 16.1 Å². The lowest BCUT2D eigenvalue weighted by Crippen LogP contribution is -2.33. The Balaban J connectivity index is 1.55. The van der Waals surface area contributed by atoms with E-state index in [2.05, 4.69) is 15.4 Å². The molecular formula is C18H24N4O2. The molecule has 0 saturated heterocycles. The Morgan fingerprint density at radius 2 is 2.08 bits per heavy atom. The Kier molecular flexibility index (Phi) is 5.59. The van der Waals surface area contributed by atoms with Gasteiger partial charge in [0.1, 0.15) is 6.10 Å². The number of nitrogens with zero attached hydrogens (tertiary/aromatic N) is 3. The topological polar surface area (TPSA) is 69.0 Å². The molecule has 1 unspecified atom stereocenters. The fourth-order valence-electron chi connectivity index (χ4n) is 3.00. The Hall–Kier alpha value is -2.21. The highest BCUT2D eigenvalue weighted by Gasteiger charge is 2.24. The minimum atomic E-state index is -0.404. The third kappa shape index (κ3) is 4.41. The molecule has 1 N–H and O–H groups in total. The molecule has 24 heavy (non-hydrogen) atoms. The van der Waals surface area contributed by atoms with E-state index in [1.54, 1.807) is 23.1 Å². The maximum atomic E-state index is 12.4. The van der Waals surface area contributed by atoms with Gasteiger partial charge in [-0.25, -0.2) is 0 Å². The minimum absolute atomic E-state index is 0.112. The van der Waals surface area contributed by atoms with Crippen molar-refractivity contribution in [3.05, 3.63) is 42.4 Å². The molecule has 0 aliphatic heterocycles. The number of carbonyl (C=O) groups is 1. The van der Waals surface area contributed by atoms with E-state index in [1.165, 1.54) is 12.8 Å². The lowest BCUT2D eigenvalue weighted by Gasteiger charge is -2.19. The predicted octanol–water partition coefficient (Wildman–Crippen LogP) is 3.00. The Labute approximate surface area is 142 Å². The van der Waals surface area contributed by atoms with Crippen molar-refractivity contribution in [1.82, 2.24) is 14.8 Å². The molecule has 1 aliphatic carbocycles. The first-order chi connectivity index (χ1) is 11.7. The highest BCUT2D eigenvalue weighted by atomic mass is 16.5. The lowest BCUT2D eigenvalue weighted by molar-refractivity contribution is -0.131. The van der Waals surface area contributed by atoms with Crippen molar-refractivity contribution in [1.29, 1.82) is 0 Å². The first kappa shape index (κ1) is 16.6. The third-order valence-electron chi connectivity index (χ3n) is 4.31. The Bertz CT molecular complexity index is 650. The molecule has 0 bridgehead atoms. The zero-order valence-corrected chi connectivity index (χ0v) is 14.0. The number of amides is 1. The van der Waals surface area contributed by atoms with Gasteiger partial charge in [-0.2, -0.15) is 5.10 Å². The summed E-state index contributed by atoms with van der Waals surface area (Å²) in [5.41, 5.74) is 1.11. The van der Waals surface area contributed by atoms with Gasteiger partial charge in [0.05, 0.1) is 12.6 Å². The number of rotatable bonds is 7. The lowest BCUT2D eigenvalue weighted by atomic mass is 10.2. The van der Waals surface area contributed by atoms with E-state index in [4.69, 9.17) is 4.74 Å². The molecule has 1 atom stereocenters. The van der Waals surface area contributed by atoms with Gasteiger partial charge in [0.15, 0.2) is 5.82 Å². The van der Waals surface area contributed by atoms with Crippen LogP contribution in [0.3, 0.4) is 0 Å².